The van der Waals surface area contributed by atoms with Gasteiger partial charge >= 0.3 is 6.03 Å². The number of nitrogens with zero attached hydrogens (tertiary/aromatic N) is 2. The number of aryl methyl sites for hydroxylation is 1. The average Bonchev–Trinajstić information content (AvgIpc) is 2.91. The van der Waals surface area contributed by atoms with Crippen molar-refractivity contribution < 1.29 is 4.79 Å². The zero-order chi connectivity index (χ0) is 16.1. The maximum Gasteiger partial charge on any atom is 0.315 e. The third kappa shape index (κ3) is 3.97. The number of nitrogens with one attached hydrogen (secondary N) is 2. The van der Waals surface area contributed by atoms with Crippen LogP contribution in [0.5, 0.6) is 0 Å². The fraction of sp³-hybridized carbons (Fsp3) is 0.294. The molecule has 0 saturated carbocycles. The monoisotopic (exact) mass is 298 g/mol. The van der Waals surface area contributed by atoms with Crippen molar-refractivity contribution in [2.24, 2.45) is 0 Å². The average molecular weight is 298 g/mol. The first-order valence-electron chi connectivity index (χ1n) is 7.26. The Hall–Kier alpha value is -2.56. The van der Waals surface area contributed by atoms with Gasteiger partial charge in [0.05, 0.1) is 6.04 Å². The van der Waals surface area contributed by atoms with E-state index in [0.29, 0.717) is 6.54 Å². The van der Waals surface area contributed by atoms with E-state index in [-0.39, 0.29) is 12.1 Å². The Balaban J connectivity index is 1.99. The van der Waals surface area contributed by atoms with E-state index < -0.39 is 0 Å². The zero-order valence-electron chi connectivity index (χ0n) is 13.3. The number of urea groups is 1. The molecule has 2 N–H and O–H groups in total. The summed E-state index contributed by atoms with van der Waals surface area (Å²) in [6, 6.07) is 7.81. The van der Waals surface area contributed by atoms with E-state index in [4.69, 9.17) is 0 Å². The van der Waals surface area contributed by atoms with E-state index in [9.17, 15) is 4.79 Å². The van der Waals surface area contributed by atoms with Crippen molar-refractivity contribution >= 4 is 6.03 Å². The van der Waals surface area contributed by atoms with E-state index in [0.717, 1.165) is 22.6 Å². The molecular formula is C17H22N4O. The molecule has 0 fully saturated rings. The summed E-state index contributed by atoms with van der Waals surface area (Å²) < 4.78 is 2.02. The molecule has 1 heterocycles. The van der Waals surface area contributed by atoms with Gasteiger partial charge in [0.15, 0.2) is 0 Å². The van der Waals surface area contributed by atoms with Gasteiger partial charge < -0.3 is 15.2 Å². The molecule has 1 atom stereocenters. The van der Waals surface area contributed by atoms with Gasteiger partial charge in [-0.25, -0.2) is 9.78 Å². The van der Waals surface area contributed by atoms with Crippen LogP contribution in [-0.2, 0) is 0 Å². The molecule has 0 spiro atoms. The van der Waals surface area contributed by atoms with E-state index in [1.54, 1.807) is 6.20 Å². The van der Waals surface area contributed by atoms with Crippen molar-refractivity contribution in [2.45, 2.75) is 26.8 Å². The molecule has 2 rings (SSSR count). The van der Waals surface area contributed by atoms with E-state index in [1.165, 1.54) is 0 Å². The minimum Gasteiger partial charge on any atom is -0.334 e. The summed E-state index contributed by atoms with van der Waals surface area (Å²) in [7, 11) is 0. The Labute approximate surface area is 131 Å². The third-order valence-corrected chi connectivity index (χ3v) is 3.40. The second kappa shape index (κ2) is 6.93. The number of imidazole rings is 1. The van der Waals surface area contributed by atoms with Gasteiger partial charge in [-0.15, -0.1) is 0 Å². The van der Waals surface area contributed by atoms with Crippen LogP contribution in [0, 0.1) is 6.92 Å². The maximum atomic E-state index is 11.8. The molecule has 116 valence electrons. The highest BCUT2D eigenvalue weighted by Gasteiger charge is 2.09. The predicted molar refractivity (Wildman–Crippen MR) is 88.1 cm³/mol. The second-order valence-electron chi connectivity index (χ2n) is 5.44. The molecule has 0 saturated heterocycles. The molecule has 0 radical (unpaired) electrons. The Bertz CT molecular complexity index is 658. The van der Waals surface area contributed by atoms with Crippen LogP contribution in [0.15, 0.2) is 48.8 Å². The SMILES string of the molecule is C=C(C)CNC(=O)NC(C)c1ccc(-n2ccnc2C)cc1. The van der Waals surface area contributed by atoms with Crippen molar-refractivity contribution in [2.75, 3.05) is 6.54 Å². The topological polar surface area (TPSA) is 59.0 Å². The molecule has 2 aromatic rings. The minimum absolute atomic E-state index is 0.0666. The molecular weight excluding hydrogens is 276 g/mol. The van der Waals surface area contributed by atoms with Crippen molar-refractivity contribution in [3.8, 4) is 5.69 Å². The van der Waals surface area contributed by atoms with Crippen molar-refractivity contribution in [3.05, 3.63) is 60.2 Å². The molecule has 1 aromatic heterocycles. The summed E-state index contributed by atoms with van der Waals surface area (Å²) in [6.45, 7) is 10.0. The highest BCUT2D eigenvalue weighted by atomic mass is 16.2. The number of hydrogen-bond donors (Lipinski definition) is 2. The van der Waals surface area contributed by atoms with Gasteiger partial charge in [0.25, 0.3) is 0 Å². The normalized spacial score (nSPS) is 11.8. The second-order valence-corrected chi connectivity index (χ2v) is 5.44. The number of amides is 2. The first kappa shape index (κ1) is 15.8. The summed E-state index contributed by atoms with van der Waals surface area (Å²) in [5.41, 5.74) is 3.02. The van der Waals surface area contributed by atoms with Crippen molar-refractivity contribution in [1.82, 2.24) is 20.2 Å². The number of aromatic nitrogens is 2. The predicted octanol–water partition coefficient (Wildman–Crippen LogP) is 3.12. The highest BCUT2D eigenvalue weighted by Crippen LogP contribution is 2.16. The molecule has 2 amide bonds. The lowest BCUT2D eigenvalue weighted by atomic mass is 10.1. The summed E-state index contributed by atoms with van der Waals surface area (Å²) in [5, 5.41) is 5.67. The number of carbonyl (C=O) groups excluding carboxylic acids is 1. The largest absolute Gasteiger partial charge is 0.334 e. The highest BCUT2D eigenvalue weighted by molar-refractivity contribution is 5.74. The van der Waals surface area contributed by atoms with Crippen LogP contribution in [0.25, 0.3) is 5.69 Å². The maximum absolute atomic E-state index is 11.8. The summed E-state index contributed by atoms with van der Waals surface area (Å²) in [5.74, 6) is 0.943. The van der Waals surface area contributed by atoms with Gasteiger partial charge in [-0.3, -0.25) is 0 Å². The summed E-state index contributed by atoms with van der Waals surface area (Å²) >= 11 is 0. The van der Waals surface area contributed by atoms with Crippen molar-refractivity contribution in [3.63, 3.8) is 0 Å². The number of benzene rings is 1. The molecule has 0 bridgehead atoms. The van der Waals surface area contributed by atoms with Gasteiger partial charge in [-0.1, -0.05) is 24.3 Å². The molecule has 1 unspecified atom stereocenters. The van der Waals surface area contributed by atoms with Gasteiger partial charge in [0, 0.05) is 24.6 Å². The van der Waals surface area contributed by atoms with Crippen LogP contribution in [-0.4, -0.2) is 22.1 Å². The fourth-order valence-electron chi connectivity index (χ4n) is 2.14. The van der Waals surface area contributed by atoms with Crippen LogP contribution >= 0.6 is 0 Å². The van der Waals surface area contributed by atoms with Crippen LogP contribution < -0.4 is 10.6 Å². The number of hydrogen-bond acceptors (Lipinski definition) is 2. The van der Waals surface area contributed by atoms with Crippen LogP contribution in [0.1, 0.15) is 31.3 Å². The molecule has 5 nitrogen and oxygen atoms in total. The lowest BCUT2D eigenvalue weighted by Crippen LogP contribution is -2.37. The molecule has 0 aliphatic carbocycles. The summed E-state index contributed by atoms with van der Waals surface area (Å²) in [4.78, 5) is 16.0. The number of rotatable bonds is 5. The minimum atomic E-state index is -0.190. The first-order valence-corrected chi connectivity index (χ1v) is 7.26. The van der Waals surface area contributed by atoms with E-state index >= 15 is 0 Å². The standard InChI is InChI=1S/C17H22N4O/c1-12(2)11-19-17(22)20-13(3)15-5-7-16(8-6-15)21-10-9-18-14(21)4/h5-10,13H,1,11H2,2-4H3,(H2,19,20,22). The van der Waals surface area contributed by atoms with Crippen LogP contribution in [0.2, 0.25) is 0 Å². The molecule has 22 heavy (non-hydrogen) atoms. The lowest BCUT2D eigenvalue weighted by molar-refractivity contribution is 0.238. The Morgan fingerprint density at radius 3 is 2.59 bits per heavy atom. The summed E-state index contributed by atoms with van der Waals surface area (Å²) in [6.07, 6.45) is 3.70. The van der Waals surface area contributed by atoms with Crippen LogP contribution in [0.4, 0.5) is 4.79 Å². The van der Waals surface area contributed by atoms with Crippen molar-refractivity contribution in [1.29, 1.82) is 0 Å². The van der Waals surface area contributed by atoms with Gasteiger partial charge in [0.1, 0.15) is 5.82 Å². The third-order valence-electron chi connectivity index (χ3n) is 3.40. The van der Waals surface area contributed by atoms with Gasteiger partial charge in [-0.2, -0.15) is 0 Å². The molecule has 5 heteroatoms. The van der Waals surface area contributed by atoms with Crippen LogP contribution in [0.3, 0.4) is 0 Å². The Kier molecular flexibility index (Phi) is 4.99. The van der Waals surface area contributed by atoms with Gasteiger partial charge in [0.2, 0.25) is 0 Å². The smallest absolute Gasteiger partial charge is 0.315 e. The van der Waals surface area contributed by atoms with E-state index in [2.05, 4.69) is 22.2 Å². The zero-order valence-corrected chi connectivity index (χ0v) is 13.3. The molecule has 1 aromatic carbocycles. The first-order chi connectivity index (χ1) is 10.5. The number of carbonyl (C=O) groups is 1. The Morgan fingerprint density at radius 1 is 1.36 bits per heavy atom. The molecule has 0 aliphatic heterocycles. The quantitative estimate of drug-likeness (QED) is 0.833. The molecule has 0 aliphatic rings. The lowest BCUT2D eigenvalue weighted by Gasteiger charge is -2.16. The Morgan fingerprint density at radius 2 is 2.05 bits per heavy atom. The van der Waals surface area contributed by atoms with E-state index in [1.807, 2.05) is 55.8 Å². The van der Waals surface area contributed by atoms with Gasteiger partial charge in [-0.05, 0) is 38.5 Å². The fourth-order valence-corrected chi connectivity index (χ4v) is 2.14.